The van der Waals surface area contributed by atoms with E-state index in [1.807, 2.05) is 0 Å². The third-order valence-corrected chi connectivity index (χ3v) is 5.54. The van der Waals surface area contributed by atoms with Crippen molar-refractivity contribution in [3.8, 4) is 6.07 Å². The Balaban J connectivity index is 1.80. The van der Waals surface area contributed by atoms with Crippen molar-refractivity contribution >= 4 is 0 Å². The molecule has 17 heavy (non-hydrogen) atoms. The monoisotopic (exact) mass is 233 g/mol. The van der Waals surface area contributed by atoms with Crippen LogP contribution in [-0.2, 0) is 0 Å². The average molecular weight is 233 g/mol. The molecule has 0 unspecified atom stereocenters. The largest absolute Gasteiger partial charge is 0.198 e. The molecule has 1 heteroatoms. The first-order valence-electron chi connectivity index (χ1n) is 7.58. The van der Waals surface area contributed by atoms with Crippen LogP contribution in [0, 0.1) is 34.5 Å². The lowest BCUT2D eigenvalue weighted by Gasteiger charge is -2.39. The summed E-state index contributed by atoms with van der Waals surface area (Å²) in [7, 11) is 0. The van der Waals surface area contributed by atoms with Crippen molar-refractivity contribution in [2.45, 2.75) is 71.6 Å². The van der Waals surface area contributed by atoms with E-state index in [-0.39, 0.29) is 5.41 Å². The minimum atomic E-state index is -0.00286. The van der Waals surface area contributed by atoms with E-state index < -0.39 is 0 Å². The molecule has 0 heterocycles. The predicted octanol–water partition coefficient (Wildman–Crippen LogP) is 4.92. The van der Waals surface area contributed by atoms with Crippen LogP contribution in [-0.4, -0.2) is 0 Å². The summed E-state index contributed by atoms with van der Waals surface area (Å²) in [6.07, 6.45) is 12.1. The number of nitriles is 1. The van der Waals surface area contributed by atoms with Crippen molar-refractivity contribution in [1.29, 1.82) is 5.26 Å². The Morgan fingerprint density at radius 3 is 2.00 bits per heavy atom. The van der Waals surface area contributed by atoms with Gasteiger partial charge in [-0.15, -0.1) is 0 Å². The topological polar surface area (TPSA) is 23.8 Å². The third kappa shape index (κ3) is 3.03. The summed E-state index contributed by atoms with van der Waals surface area (Å²) in [5.74, 6) is 2.94. The summed E-state index contributed by atoms with van der Waals surface area (Å²) in [6.45, 7) is 4.49. The van der Waals surface area contributed by atoms with Gasteiger partial charge < -0.3 is 0 Å². The fraction of sp³-hybridized carbons (Fsp3) is 0.938. The molecular weight excluding hydrogens is 206 g/mol. The van der Waals surface area contributed by atoms with Crippen LogP contribution < -0.4 is 0 Å². The van der Waals surface area contributed by atoms with E-state index in [0.29, 0.717) is 0 Å². The van der Waals surface area contributed by atoms with Gasteiger partial charge in [-0.3, -0.25) is 0 Å². The van der Waals surface area contributed by atoms with Gasteiger partial charge in [-0.25, -0.2) is 0 Å². The second kappa shape index (κ2) is 5.42. The van der Waals surface area contributed by atoms with E-state index in [1.165, 1.54) is 44.9 Å². The molecule has 96 valence electrons. The molecule has 0 aliphatic heterocycles. The van der Waals surface area contributed by atoms with Crippen molar-refractivity contribution in [2.75, 3.05) is 0 Å². The zero-order chi connectivity index (χ0) is 12.3. The van der Waals surface area contributed by atoms with E-state index >= 15 is 0 Å². The van der Waals surface area contributed by atoms with Gasteiger partial charge in [0.25, 0.3) is 0 Å². The first-order chi connectivity index (χ1) is 8.17. The van der Waals surface area contributed by atoms with Gasteiger partial charge in [0.15, 0.2) is 0 Å². The Labute approximate surface area is 107 Å². The molecular formula is C16H27N. The molecule has 0 bridgehead atoms. The SMILES string of the molecule is CCC1CCC([C@H]2CC[C@](C)(C#N)CC2)CC1. The van der Waals surface area contributed by atoms with Crippen LogP contribution in [0.4, 0.5) is 0 Å². The molecule has 0 aromatic heterocycles. The smallest absolute Gasteiger partial charge is 0.0686 e. The van der Waals surface area contributed by atoms with Crippen LogP contribution in [0.1, 0.15) is 71.6 Å². The molecule has 2 aliphatic rings. The standard InChI is InChI=1S/C16H27N/c1-3-13-4-6-14(7-5-13)15-8-10-16(2,12-17)11-9-15/h13-15H,3-11H2,1-2H3/t13?,14?,15-,16-. The van der Waals surface area contributed by atoms with Crippen molar-refractivity contribution in [1.82, 2.24) is 0 Å². The lowest BCUT2D eigenvalue weighted by Crippen LogP contribution is -2.29. The molecule has 0 atom stereocenters. The lowest BCUT2D eigenvalue weighted by atomic mass is 9.65. The van der Waals surface area contributed by atoms with Crippen LogP contribution in [0.2, 0.25) is 0 Å². The summed E-state index contributed by atoms with van der Waals surface area (Å²) in [4.78, 5) is 0. The molecule has 0 saturated heterocycles. The molecule has 0 amide bonds. The number of hydrogen-bond acceptors (Lipinski definition) is 1. The first-order valence-corrected chi connectivity index (χ1v) is 7.58. The Hall–Kier alpha value is -0.510. The Morgan fingerprint density at radius 1 is 1.00 bits per heavy atom. The molecule has 0 aromatic rings. The summed E-state index contributed by atoms with van der Waals surface area (Å²) in [6, 6.07) is 2.52. The lowest BCUT2D eigenvalue weighted by molar-refractivity contribution is 0.129. The van der Waals surface area contributed by atoms with Crippen molar-refractivity contribution in [3.63, 3.8) is 0 Å². The quantitative estimate of drug-likeness (QED) is 0.664. The highest BCUT2D eigenvalue weighted by molar-refractivity contribution is 4.99. The van der Waals surface area contributed by atoms with Crippen molar-refractivity contribution in [2.24, 2.45) is 23.2 Å². The van der Waals surface area contributed by atoms with Crippen LogP contribution in [0.25, 0.3) is 0 Å². The minimum Gasteiger partial charge on any atom is -0.198 e. The molecule has 2 rings (SSSR count). The highest BCUT2D eigenvalue weighted by atomic mass is 14.4. The Kier molecular flexibility index (Phi) is 4.13. The van der Waals surface area contributed by atoms with Gasteiger partial charge in [0.2, 0.25) is 0 Å². The maximum atomic E-state index is 9.16. The van der Waals surface area contributed by atoms with E-state index in [4.69, 9.17) is 5.26 Å². The molecule has 0 N–H and O–H groups in total. The molecule has 2 saturated carbocycles. The van der Waals surface area contributed by atoms with Gasteiger partial charge in [-0.05, 0) is 63.2 Å². The van der Waals surface area contributed by atoms with Gasteiger partial charge in [0.05, 0.1) is 11.5 Å². The molecule has 0 radical (unpaired) electrons. The van der Waals surface area contributed by atoms with Crippen LogP contribution in [0.5, 0.6) is 0 Å². The fourth-order valence-corrected chi connectivity index (χ4v) is 3.93. The fourth-order valence-electron chi connectivity index (χ4n) is 3.93. The highest BCUT2D eigenvalue weighted by Gasteiger charge is 2.35. The zero-order valence-electron chi connectivity index (χ0n) is 11.5. The number of hydrogen-bond donors (Lipinski definition) is 0. The molecule has 0 aromatic carbocycles. The van der Waals surface area contributed by atoms with Gasteiger partial charge >= 0.3 is 0 Å². The third-order valence-electron chi connectivity index (χ3n) is 5.54. The number of nitrogens with zero attached hydrogens (tertiary/aromatic N) is 1. The van der Waals surface area contributed by atoms with Crippen LogP contribution >= 0.6 is 0 Å². The maximum Gasteiger partial charge on any atom is 0.0686 e. The molecule has 2 aliphatic carbocycles. The average Bonchev–Trinajstić information content (AvgIpc) is 2.40. The van der Waals surface area contributed by atoms with E-state index in [0.717, 1.165) is 30.6 Å². The second-order valence-electron chi connectivity index (χ2n) is 6.70. The summed E-state index contributed by atoms with van der Waals surface area (Å²) in [5, 5.41) is 9.16. The van der Waals surface area contributed by atoms with Crippen LogP contribution in [0.3, 0.4) is 0 Å². The Morgan fingerprint density at radius 2 is 1.53 bits per heavy atom. The van der Waals surface area contributed by atoms with Gasteiger partial charge in [0, 0.05) is 0 Å². The highest BCUT2D eigenvalue weighted by Crippen LogP contribution is 2.45. The molecule has 2 fully saturated rings. The normalized spacial score (nSPS) is 43.0. The van der Waals surface area contributed by atoms with Gasteiger partial charge in [-0.1, -0.05) is 26.2 Å². The first kappa shape index (κ1) is 12.9. The molecule has 0 spiro atoms. The summed E-state index contributed by atoms with van der Waals surface area (Å²) < 4.78 is 0. The van der Waals surface area contributed by atoms with E-state index in [2.05, 4.69) is 19.9 Å². The van der Waals surface area contributed by atoms with Crippen molar-refractivity contribution in [3.05, 3.63) is 0 Å². The number of rotatable bonds is 2. The second-order valence-corrected chi connectivity index (χ2v) is 6.70. The van der Waals surface area contributed by atoms with Gasteiger partial charge in [0.1, 0.15) is 0 Å². The predicted molar refractivity (Wildman–Crippen MR) is 71.4 cm³/mol. The summed E-state index contributed by atoms with van der Waals surface area (Å²) in [5.41, 5.74) is -0.00286. The van der Waals surface area contributed by atoms with Gasteiger partial charge in [-0.2, -0.15) is 5.26 Å². The minimum absolute atomic E-state index is 0.00286. The maximum absolute atomic E-state index is 9.16. The Bertz CT molecular complexity index is 272. The van der Waals surface area contributed by atoms with E-state index in [9.17, 15) is 0 Å². The van der Waals surface area contributed by atoms with E-state index in [1.54, 1.807) is 0 Å². The summed E-state index contributed by atoms with van der Waals surface area (Å²) >= 11 is 0. The van der Waals surface area contributed by atoms with Crippen LogP contribution in [0.15, 0.2) is 0 Å². The molecule has 1 nitrogen and oxygen atoms in total. The zero-order valence-corrected chi connectivity index (χ0v) is 11.5. The van der Waals surface area contributed by atoms with Crippen molar-refractivity contribution < 1.29 is 0 Å².